The van der Waals surface area contributed by atoms with E-state index >= 15 is 0 Å². The summed E-state index contributed by atoms with van der Waals surface area (Å²) < 4.78 is 12.6. The third kappa shape index (κ3) is 13.1. The Hall–Kier alpha value is -3.59. The molecule has 4 aliphatic rings. The Morgan fingerprint density at radius 1 is 0.939 bits per heavy atom. The average molecular weight is 917 g/mol. The molecule has 13 nitrogen and oxygen atoms in total. The fourth-order valence-electron chi connectivity index (χ4n) is 12.8. The number of nitrogens with two attached hydrogens (primary N) is 2. The van der Waals surface area contributed by atoms with E-state index in [1.54, 1.807) is 20.0 Å². The molecule has 0 radical (unpaired) electrons. The number of ether oxygens (including phenoxy) is 1. The number of aliphatic hydroxyl groups excluding tert-OH is 4. The quantitative estimate of drug-likeness (QED) is 0.0347. The Kier molecular flexibility index (Phi) is 18.4. The van der Waals surface area contributed by atoms with Crippen LogP contribution in [0.4, 0.5) is 0 Å². The van der Waals surface area contributed by atoms with Crippen molar-refractivity contribution >= 4 is 5.96 Å². The molecule has 4 aliphatic carbocycles. The molecule has 0 amide bonds. The zero-order valence-electron chi connectivity index (χ0n) is 40.2. The first-order valence-electron chi connectivity index (χ1n) is 25.7. The number of benzene rings is 1. The van der Waals surface area contributed by atoms with Gasteiger partial charge in [0.2, 0.25) is 0 Å². The van der Waals surface area contributed by atoms with Gasteiger partial charge in [0.05, 0.1) is 12.7 Å². The first kappa shape index (κ1) is 50.3. The highest BCUT2D eigenvalue weighted by atomic mass is 16.5. The number of aromatic nitrogens is 1. The molecule has 12 unspecified atom stereocenters. The molecule has 368 valence electrons. The van der Waals surface area contributed by atoms with Gasteiger partial charge < -0.3 is 61.8 Å². The van der Waals surface area contributed by atoms with Crippen LogP contribution in [0.5, 0.6) is 11.5 Å². The number of nitrogens with zero attached hydrogens (tertiary/aromatic N) is 1. The van der Waals surface area contributed by atoms with Crippen LogP contribution in [0.1, 0.15) is 155 Å². The van der Waals surface area contributed by atoms with Crippen molar-refractivity contribution in [2.75, 3.05) is 33.4 Å². The lowest BCUT2D eigenvalue weighted by atomic mass is 9.67. The number of guanidine groups is 1. The number of phenolic OH excluding ortho intramolecular Hbond substituents is 1. The summed E-state index contributed by atoms with van der Waals surface area (Å²) in [4.78, 5) is 7.61. The molecule has 3 saturated carbocycles. The van der Waals surface area contributed by atoms with Gasteiger partial charge in [-0.25, -0.2) is 0 Å². The molecule has 2 heterocycles. The summed E-state index contributed by atoms with van der Waals surface area (Å²) in [5, 5.41) is 59.5. The van der Waals surface area contributed by atoms with Gasteiger partial charge in [-0.15, -0.1) is 0 Å². The highest BCUT2D eigenvalue weighted by Crippen LogP contribution is 2.50. The van der Waals surface area contributed by atoms with Gasteiger partial charge in [-0.1, -0.05) is 32.3 Å². The molecule has 2 bridgehead atoms. The lowest BCUT2D eigenvalue weighted by Gasteiger charge is -2.40. The number of aliphatic hydroxyl groups is 4. The number of aromatic hydroxyl groups is 1. The summed E-state index contributed by atoms with van der Waals surface area (Å²) in [6.07, 6.45) is 17.2. The van der Waals surface area contributed by atoms with Crippen LogP contribution in [0, 0.1) is 41.4 Å². The minimum absolute atomic E-state index is 0.0189. The fourth-order valence-corrected chi connectivity index (χ4v) is 12.8. The van der Waals surface area contributed by atoms with E-state index in [-0.39, 0.29) is 37.5 Å². The van der Waals surface area contributed by atoms with Gasteiger partial charge >= 0.3 is 0 Å². The summed E-state index contributed by atoms with van der Waals surface area (Å²) in [5.74, 6) is 7.16. The third-order valence-electron chi connectivity index (χ3n) is 16.2. The van der Waals surface area contributed by atoms with Gasteiger partial charge in [0.1, 0.15) is 24.2 Å². The second kappa shape index (κ2) is 24.1. The van der Waals surface area contributed by atoms with E-state index in [0.29, 0.717) is 84.8 Å². The van der Waals surface area contributed by atoms with Crippen molar-refractivity contribution in [2.45, 2.75) is 166 Å². The van der Waals surface area contributed by atoms with Crippen LogP contribution in [-0.2, 0) is 32.3 Å². The van der Waals surface area contributed by atoms with Crippen LogP contribution in [0.15, 0.2) is 39.7 Å². The summed E-state index contributed by atoms with van der Waals surface area (Å²) in [7, 11) is 1.71. The summed E-state index contributed by atoms with van der Waals surface area (Å²) in [5.41, 5.74) is 17.5. The topological polar surface area (TPSA) is 228 Å². The number of fused-ring (bicyclic) bond motifs is 4. The molecule has 13 heteroatoms. The molecule has 0 aliphatic heterocycles. The minimum atomic E-state index is -0.931. The number of furan rings is 1. The molecule has 66 heavy (non-hydrogen) atoms. The smallest absolute Gasteiger partial charge is 0.188 e. The second-order valence-corrected chi connectivity index (χ2v) is 21.1. The Labute approximate surface area is 394 Å². The molecule has 12 atom stereocenters. The molecule has 7 rings (SSSR count). The van der Waals surface area contributed by atoms with Gasteiger partial charge in [0, 0.05) is 74.5 Å². The van der Waals surface area contributed by atoms with Crippen LogP contribution in [0.25, 0.3) is 0 Å². The Balaban J connectivity index is 0.933. The van der Waals surface area contributed by atoms with E-state index in [4.69, 9.17) is 20.6 Å². The summed E-state index contributed by atoms with van der Waals surface area (Å²) in [6.45, 7) is 5.49. The minimum Gasteiger partial charge on any atom is -0.504 e. The van der Waals surface area contributed by atoms with Crippen molar-refractivity contribution in [3.63, 3.8) is 0 Å². The van der Waals surface area contributed by atoms with Crippen LogP contribution >= 0.6 is 0 Å². The highest BCUT2D eigenvalue weighted by Gasteiger charge is 2.43. The van der Waals surface area contributed by atoms with Crippen molar-refractivity contribution in [3.05, 3.63) is 69.9 Å². The Morgan fingerprint density at radius 2 is 1.77 bits per heavy atom. The molecule has 3 fully saturated rings. The zero-order valence-corrected chi connectivity index (χ0v) is 40.2. The van der Waals surface area contributed by atoms with Gasteiger partial charge in [0.25, 0.3) is 0 Å². The Morgan fingerprint density at radius 3 is 2.56 bits per heavy atom. The van der Waals surface area contributed by atoms with Gasteiger partial charge in [0.15, 0.2) is 17.5 Å². The first-order valence-corrected chi connectivity index (χ1v) is 25.7. The van der Waals surface area contributed by atoms with E-state index in [1.807, 2.05) is 18.2 Å². The lowest BCUT2D eigenvalue weighted by molar-refractivity contribution is 0.103. The van der Waals surface area contributed by atoms with E-state index < -0.39 is 12.2 Å². The van der Waals surface area contributed by atoms with E-state index in [0.717, 1.165) is 92.2 Å². The van der Waals surface area contributed by atoms with Crippen molar-refractivity contribution in [2.24, 2.45) is 57.9 Å². The monoisotopic (exact) mass is 917 g/mol. The molecular weight excluding hydrogens is 833 g/mol. The predicted octanol–water partition coefficient (Wildman–Crippen LogP) is 6.91. The maximum absolute atomic E-state index is 11.5. The molecule has 3 aromatic rings. The van der Waals surface area contributed by atoms with Crippen LogP contribution in [0.2, 0.25) is 0 Å². The van der Waals surface area contributed by atoms with Gasteiger partial charge in [-0.3, -0.25) is 4.99 Å². The van der Waals surface area contributed by atoms with Gasteiger partial charge in [-0.2, -0.15) is 0 Å². The van der Waals surface area contributed by atoms with Crippen molar-refractivity contribution in [1.29, 1.82) is 0 Å². The first-order chi connectivity index (χ1) is 31.9. The van der Waals surface area contributed by atoms with Crippen LogP contribution in [0.3, 0.4) is 0 Å². The number of phenols is 1. The maximum Gasteiger partial charge on any atom is 0.188 e. The number of aromatic amines is 1. The number of aryl methyl sites for hydroxylation is 4. The number of hydrogen-bond acceptors (Lipinski definition) is 10. The normalized spacial score (nSPS) is 27.3. The van der Waals surface area contributed by atoms with E-state index in [1.165, 1.54) is 50.5 Å². The Bertz CT molecular complexity index is 1980. The van der Waals surface area contributed by atoms with Crippen molar-refractivity contribution in [1.82, 2.24) is 15.6 Å². The summed E-state index contributed by atoms with van der Waals surface area (Å²) >= 11 is 0. The molecule has 0 spiro atoms. The highest BCUT2D eigenvalue weighted by molar-refractivity contribution is 5.77. The second-order valence-electron chi connectivity index (χ2n) is 21.1. The lowest BCUT2D eigenvalue weighted by Crippen LogP contribution is -2.42. The standard InChI is InChI=1S/C53H84N6O7/c1-32(28-58-53(55)56-3)9-17-42-37-14-10-34(22-38(42)25-40(54)24-37)13-20-50-39(30-61)26-41(66-50)16-11-35-12-19-48(63)51(23-35)65-31-49(64)47-27-44-45(59-47)18-15-36-6-4-7-43(36)52(44)46(8-5-21-60)57-29-33(2)62/h12,19,23,26-27,32-34,36-38,40,42-43,46,49,52,57,59-64H,4-11,13-18,20-22,24-25,28-31,54H2,1-3H3,(H3,55,56,58). The van der Waals surface area contributed by atoms with Crippen LogP contribution in [-0.4, -0.2) is 88.0 Å². The number of rotatable bonds is 23. The molecule has 12 N–H and O–H groups in total. The van der Waals surface area contributed by atoms with Crippen molar-refractivity contribution < 1.29 is 34.7 Å². The maximum atomic E-state index is 11.5. The third-order valence-corrected chi connectivity index (χ3v) is 16.2. The number of nitrogens with one attached hydrogen (secondary N) is 3. The fraction of sp³-hybridized carbons (Fsp3) is 0.717. The average Bonchev–Trinajstić information content (AvgIpc) is 4.03. The number of hydrogen-bond donors (Lipinski definition) is 10. The SMILES string of the molecule is CN=C(N)NCC(C)CCC1C2CCC(CCc3oc(CCc4ccc(O)c(OCC(O)c5cc6c([nH]5)CCC5CCCC5C6C(CCCO)NCC(C)O)c4)cc3CO)CC1CC(N)C2. The summed E-state index contributed by atoms with van der Waals surface area (Å²) in [6, 6.07) is 9.91. The largest absolute Gasteiger partial charge is 0.504 e. The molecule has 2 aromatic heterocycles. The number of aliphatic imine (C=N–C) groups is 1. The predicted molar refractivity (Wildman–Crippen MR) is 260 cm³/mol. The zero-order chi connectivity index (χ0) is 46.7. The number of H-pyrrole nitrogens is 1. The van der Waals surface area contributed by atoms with E-state index in [2.05, 4.69) is 33.6 Å². The molecule has 1 aromatic carbocycles. The van der Waals surface area contributed by atoms with Crippen LogP contribution < -0.4 is 26.8 Å². The van der Waals surface area contributed by atoms with Gasteiger partial charge in [-0.05, 0) is 167 Å². The molecule has 0 saturated heterocycles. The molecular formula is C53H84N6O7. The van der Waals surface area contributed by atoms with Crippen molar-refractivity contribution in [3.8, 4) is 11.5 Å². The van der Waals surface area contributed by atoms with E-state index in [9.17, 15) is 25.5 Å².